The van der Waals surface area contributed by atoms with Gasteiger partial charge in [0.05, 0.1) is 16.5 Å². The van der Waals surface area contributed by atoms with Gasteiger partial charge in [0.25, 0.3) is 0 Å². The van der Waals surface area contributed by atoms with E-state index < -0.39 is 38.6 Å². The molecule has 0 radical (unpaired) electrons. The molecule has 0 saturated heterocycles. The van der Waals surface area contributed by atoms with Crippen molar-refractivity contribution in [1.29, 1.82) is 0 Å². The van der Waals surface area contributed by atoms with Crippen LogP contribution in [0.4, 0.5) is 18.9 Å². The van der Waals surface area contributed by atoms with Crippen molar-refractivity contribution in [3.63, 3.8) is 0 Å². The summed E-state index contributed by atoms with van der Waals surface area (Å²) in [4.78, 5) is 11.2. The summed E-state index contributed by atoms with van der Waals surface area (Å²) < 4.78 is 65.9. The standard InChI is InChI=1S/C19H22F3N3O3S/c1-14(18(26)24-13-7-12-23-15-8-3-2-4-9-15)25-29(27,28)17-11-6-5-10-16(17)19(20,21)22/h2-6,8-11,14,23,25H,7,12-13H2,1H3,(H,24,26)/t14-/m0/s1. The molecule has 158 valence electrons. The van der Waals surface area contributed by atoms with Crippen LogP contribution in [0.25, 0.3) is 0 Å². The zero-order valence-electron chi connectivity index (χ0n) is 15.7. The van der Waals surface area contributed by atoms with E-state index in [-0.39, 0.29) is 6.54 Å². The SMILES string of the molecule is C[C@H](NS(=O)(=O)c1ccccc1C(F)(F)F)C(=O)NCCCNc1ccccc1. The smallest absolute Gasteiger partial charge is 0.385 e. The number of amides is 1. The number of hydrogen-bond acceptors (Lipinski definition) is 4. The first-order valence-electron chi connectivity index (χ1n) is 8.86. The van der Waals surface area contributed by atoms with Gasteiger partial charge in [0.15, 0.2) is 0 Å². The second-order valence-electron chi connectivity index (χ2n) is 6.27. The Hall–Kier alpha value is -2.59. The molecule has 2 aromatic carbocycles. The van der Waals surface area contributed by atoms with Crippen molar-refractivity contribution in [2.75, 3.05) is 18.4 Å². The molecule has 0 bridgehead atoms. The molecular weight excluding hydrogens is 407 g/mol. The van der Waals surface area contributed by atoms with Crippen LogP contribution >= 0.6 is 0 Å². The van der Waals surface area contributed by atoms with Crippen molar-refractivity contribution in [2.24, 2.45) is 0 Å². The molecule has 0 fully saturated rings. The number of carbonyl (C=O) groups is 1. The molecule has 10 heteroatoms. The summed E-state index contributed by atoms with van der Waals surface area (Å²) >= 11 is 0. The van der Waals surface area contributed by atoms with Gasteiger partial charge in [-0.05, 0) is 37.6 Å². The fraction of sp³-hybridized carbons (Fsp3) is 0.316. The van der Waals surface area contributed by atoms with Crippen molar-refractivity contribution in [3.8, 4) is 0 Å². The maximum absolute atomic E-state index is 13.1. The number of anilines is 1. The van der Waals surface area contributed by atoms with E-state index >= 15 is 0 Å². The van der Waals surface area contributed by atoms with Gasteiger partial charge < -0.3 is 10.6 Å². The molecule has 1 amide bonds. The van der Waals surface area contributed by atoms with Gasteiger partial charge in [0.1, 0.15) is 0 Å². The predicted molar refractivity (Wildman–Crippen MR) is 104 cm³/mol. The summed E-state index contributed by atoms with van der Waals surface area (Å²) in [5.74, 6) is -0.627. The average Bonchev–Trinajstić information content (AvgIpc) is 2.67. The van der Waals surface area contributed by atoms with Gasteiger partial charge in [-0.15, -0.1) is 0 Å². The van der Waals surface area contributed by atoms with Crippen LogP contribution in [0.1, 0.15) is 18.9 Å². The molecule has 29 heavy (non-hydrogen) atoms. The van der Waals surface area contributed by atoms with Crippen molar-refractivity contribution in [1.82, 2.24) is 10.0 Å². The summed E-state index contributed by atoms with van der Waals surface area (Å²) in [6.45, 7) is 2.14. The van der Waals surface area contributed by atoms with Crippen LogP contribution in [0.3, 0.4) is 0 Å². The zero-order chi connectivity index (χ0) is 21.5. The fourth-order valence-corrected chi connectivity index (χ4v) is 3.96. The highest BCUT2D eigenvalue weighted by Crippen LogP contribution is 2.33. The summed E-state index contributed by atoms with van der Waals surface area (Å²) in [7, 11) is -4.53. The number of nitrogens with one attached hydrogen (secondary N) is 3. The van der Waals surface area contributed by atoms with Crippen molar-refractivity contribution in [3.05, 3.63) is 60.2 Å². The maximum Gasteiger partial charge on any atom is 0.417 e. The zero-order valence-corrected chi connectivity index (χ0v) is 16.5. The number of carbonyl (C=O) groups excluding carboxylic acids is 1. The Kier molecular flexibility index (Phi) is 7.63. The molecule has 2 rings (SSSR count). The largest absolute Gasteiger partial charge is 0.417 e. The topological polar surface area (TPSA) is 87.3 Å². The predicted octanol–water partition coefficient (Wildman–Crippen LogP) is 2.99. The molecule has 0 aliphatic carbocycles. The van der Waals surface area contributed by atoms with Gasteiger partial charge in [-0.2, -0.15) is 17.9 Å². The lowest BCUT2D eigenvalue weighted by atomic mass is 10.2. The number of halogens is 3. The quantitative estimate of drug-likeness (QED) is 0.535. The third-order valence-corrected chi connectivity index (χ3v) is 5.56. The Morgan fingerprint density at radius 3 is 2.28 bits per heavy atom. The normalized spacial score (nSPS) is 13.0. The minimum Gasteiger partial charge on any atom is -0.385 e. The van der Waals surface area contributed by atoms with Gasteiger partial charge in [0, 0.05) is 18.8 Å². The van der Waals surface area contributed by atoms with Crippen molar-refractivity contribution >= 4 is 21.6 Å². The Morgan fingerprint density at radius 2 is 1.62 bits per heavy atom. The molecule has 2 aromatic rings. The third-order valence-electron chi connectivity index (χ3n) is 3.96. The molecule has 6 nitrogen and oxygen atoms in total. The molecule has 0 aliphatic heterocycles. The summed E-state index contributed by atoms with van der Waals surface area (Å²) in [5, 5.41) is 5.72. The van der Waals surface area contributed by atoms with Gasteiger partial charge in [-0.3, -0.25) is 4.79 Å². The molecule has 0 heterocycles. The second-order valence-corrected chi connectivity index (χ2v) is 7.96. The van der Waals surface area contributed by atoms with Crippen LogP contribution in [0.5, 0.6) is 0 Å². The Labute approximate surface area is 167 Å². The van der Waals surface area contributed by atoms with Gasteiger partial charge in [-0.1, -0.05) is 30.3 Å². The molecule has 3 N–H and O–H groups in total. The lowest BCUT2D eigenvalue weighted by Crippen LogP contribution is -2.45. The van der Waals surface area contributed by atoms with Gasteiger partial charge >= 0.3 is 6.18 Å². The van der Waals surface area contributed by atoms with E-state index in [1.165, 1.54) is 13.0 Å². The summed E-state index contributed by atoms with van der Waals surface area (Å²) in [6, 6.07) is 12.0. The highest BCUT2D eigenvalue weighted by Gasteiger charge is 2.37. The van der Waals surface area contributed by atoms with Gasteiger partial charge in [0.2, 0.25) is 15.9 Å². The van der Waals surface area contributed by atoms with E-state index in [0.29, 0.717) is 19.0 Å². The monoisotopic (exact) mass is 429 g/mol. The average molecular weight is 429 g/mol. The second kappa shape index (κ2) is 9.75. The number of rotatable bonds is 9. The van der Waals surface area contributed by atoms with E-state index in [4.69, 9.17) is 0 Å². The number of sulfonamides is 1. The van der Waals surface area contributed by atoms with E-state index in [0.717, 1.165) is 17.8 Å². The highest BCUT2D eigenvalue weighted by atomic mass is 32.2. The van der Waals surface area contributed by atoms with E-state index in [9.17, 15) is 26.4 Å². The Bertz CT molecular complexity index is 919. The van der Waals surface area contributed by atoms with Crippen LogP contribution < -0.4 is 15.4 Å². The van der Waals surface area contributed by atoms with Crippen LogP contribution in [0.2, 0.25) is 0 Å². The molecule has 0 aliphatic rings. The molecule has 0 spiro atoms. The lowest BCUT2D eigenvalue weighted by Gasteiger charge is -2.17. The van der Waals surface area contributed by atoms with Crippen molar-refractivity contribution < 1.29 is 26.4 Å². The number of benzene rings is 2. The minimum atomic E-state index is -4.83. The first kappa shape index (κ1) is 22.7. The highest BCUT2D eigenvalue weighted by molar-refractivity contribution is 7.89. The minimum absolute atomic E-state index is 0.282. The van der Waals surface area contributed by atoms with Crippen LogP contribution in [0, 0.1) is 0 Å². The molecule has 0 unspecified atom stereocenters. The number of alkyl halides is 3. The molecule has 0 aromatic heterocycles. The van der Waals surface area contributed by atoms with Crippen LogP contribution in [0.15, 0.2) is 59.5 Å². The number of para-hydroxylation sites is 1. The lowest BCUT2D eigenvalue weighted by molar-refractivity contribution is -0.139. The summed E-state index contributed by atoms with van der Waals surface area (Å²) in [5.41, 5.74) is -0.352. The molecule has 1 atom stereocenters. The summed E-state index contributed by atoms with van der Waals surface area (Å²) in [6.07, 6.45) is -4.25. The molecule has 0 saturated carbocycles. The first-order valence-corrected chi connectivity index (χ1v) is 10.3. The van der Waals surface area contributed by atoms with E-state index in [1.54, 1.807) is 0 Å². The maximum atomic E-state index is 13.1. The Balaban J connectivity index is 1.87. The van der Waals surface area contributed by atoms with Crippen molar-refractivity contribution in [2.45, 2.75) is 30.5 Å². The third kappa shape index (κ3) is 6.75. The first-order chi connectivity index (χ1) is 13.6. The van der Waals surface area contributed by atoms with Crippen LogP contribution in [-0.2, 0) is 21.0 Å². The fourth-order valence-electron chi connectivity index (χ4n) is 2.53. The van der Waals surface area contributed by atoms with Gasteiger partial charge in [-0.25, -0.2) is 8.42 Å². The van der Waals surface area contributed by atoms with E-state index in [2.05, 4.69) is 10.6 Å². The van der Waals surface area contributed by atoms with E-state index in [1.807, 2.05) is 35.1 Å². The Morgan fingerprint density at radius 1 is 1.00 bits per heavy atom. The van der Waals surface area contributed by atoms with Crippen LogP contribution in [-0.4, -0.2) is 33.5 Å². The number of hydrogen-bond donors (Lipinski definition) is 3. The molecular formula is C19H22F3N3O3S.